The Hall–Kier alpha value is -0.338. The average Bonchev–Trinajstić information content (AvgIpc) is 2.96. The molecule has 0 atom stereocenters. The minimum Gasteiger partial charge on any atom is -0.286 e. The van der Waals surface area contributed by atoms with Gasteiger partial charge in [-0.1, -0.05) is 18.2 Å². The van der Waals surface area contributed by atoms with Gasteiger partial charge in [-0.3, -0.25) is 27.5 Å². The molecule has 2 aromatic carbocycles. The molecular formula is C19H20N2OWY-2. The van der Waals surface area contributed by atoms with Gasteiger partial charge in [0, 0.05) is 80.3 Å². The molecule has 1 fully saturated rings. The van der Waals surface area contributed by atoms with Gasteiger partial charge >= 0.3 is 0 Å². The van der Waals surface area contributed by atoms with Crippen molar-refractivity contribution in [2.75, 3.05) is 20.1 Å². The predicted octanol–water partition coefficient (Wildman–Crippen LogP) is 2.88. The minimum absolute atomic E-state index is 0. The standard InChI is InChI=1S/C19H20N2O.W.Y/c1-15-9-10-17(16-7-4-3-5-8-16)13-18(15)14-19(22)21-12-6-11-20(21)2;;/h3-5,7-9H,6,11-12,14H2,1-2H3;;/q-2;;. The van der Waals surface area contributed by atoms with Gasteiger partial charge in [-0.2, -0.15) is 5.56 Å². The van der Waals surface area contributed by atoms with E-state index in [4.69, 9.17) is 0 Å². The van der Waals surface area contributed by atoms with Crippen molar-refractivity contribution in [2.24, 2.45) is 0 Å². The third kappa shape index (κ3) is 5.08. The van der Waals surface area contributed by atoms with E-state index in [1.165, 1.54) is 0 Å². The summed E-state index contributed by atoms with van der Waals surface area (Å²) in [5.41, 5.74) is 4.02. The number of hydrazine groups is 1. The molecular weight excluding hydrogens is 545 g/mol. The normalized spacial score (nSPS) is 14.0. The van der Waals surface area contributed by atoms with E-state index in [9.17, 15) is 4.79 Å². The van der Waals surface area contributed by atoms with Gasteiger partial charge in [-0.25, -0.2) is 22.2 Å². The van der Waals surface area contributed by atoms with Crippen molar-refractivity contribution in [1.82, 2.24) is 10.0 Å². The van der Waals surface area contributed by atoms with Crippen molar-refractivity contribution >= 4 is 5.91 Å². The summed E-state index contributed by atoms with van der Waals surface area (Å²) >= 11 is 0. The third-order valence-corrected chi connectivity index (χ3v) is 4.13. The summed E-state index contributed by atoms with van der Waals surface area (Å²) < 4.78 is 0. The molecule has 1 amide bonds. The van der Waals surface area contributed by atoms with E-state index in [2.05, 4.69) is 12.1 Å². The van der Waals surface area contributed by atoms with E-state index < -0.39 is 0 Å². The fourth-order valence-electron chi connectivity index (χ4n) is 2.80. The number of carbonyl (C=O) groups is 1. The Labute approximate surface area is 183 Å². The fourth-order valence-corrected chi connectivity index (χ4v) is 2.80. The van der Waals surface area contributed by atoms with E-state index in [-0.39, 0.29) is 59.7 Å². The van der Waals surface area contributed by atoms with Crippen LogP contribution >= 0.6 is 0 Å². The maximum atomic E-state index is 12.5. The Morgan fingerprint density at radius 3 is 2.54 bits per heavy atom. The van der Waals surface area contributed by atoms with Gasteiger partial charge in [0.05, 0.1) is 0 Å². The Morgan fingerprint density at radius 2 is 1.92 bits per heavy atom. The average molecular weight is 565 g/mol. The van der Waals surface area contributed by atoms with Crippen LogP contribution in [-0.4, -0.2) is 36.1 Å². The maximum absolute atomic E-state index is 12.5. The second-order valence-corrected chi connectivity index (χ2v) is 5.74. The molecule has 0 saturated carbocycles. The first kappa shape index (κ1) is 21.7. The van der Waals surface area contributed by atoms with Crippen LogP contribution in [0.25, 0.3) is 11.1 Å². The van der Waals surface area contributed by atoms with E-state index in [0.717, 1.165) is 41.8 Å². The van der Waals surface area contributed by atoms with Crippen LogP contribution in [0, 0.1) is 19.1 Å². The SMILES string of the molecule is Cc1c[c-]c(-c2ccccc2)[c-]c1CC(=O)N1CCCN1C.[W].[Y]. The van der Waals surface area contributed by atoms with E-state index >= 15 is 0 Å². The molecule has 0 unspecified atom stereocenters. The largest absolute Gasteiger partial charge is 0.286 e. The molecule has 1 aliphatic heterocycles. The summed E-state index contributed by atoms with van der Waals surface area (Å²) in [5, 5.41) is 3.84. The van der Waals surface area contributed by atoms with Crippen LogP contribution in [0.15, 0.2) is 36.4 Å². The summed E-state index contributed by atoms with van der Waals surface area (Å²) in [7, 11) is 1.97. The van der Waals surface area contributed by atoms with Gasteiger partial charge in [-0.15, -0.1) is 19.1 Å². The maximum Gasteiger partial charge on any atom is 0.238 e. The number of aryl methyl sites for hydroxylation is 1. The molecule has 1 radical (unpaired) electrons. The zero-order chi connectivity index (χ0) is 15.5. The molecule has 0 N–H and O–H groups in total. The number of benzene rings is 2. The molecule has 1 saturated heterocycles. The van der Waals surface area contributed by atoms with Crippen LogP contribution in [0.2, 0.25) is 0 Å². The molecule has 1 aliphatic rings. The first-order valence-corrected chi connectivity index (χ1v) is 7.65. The van der Waals surface area contributed by atoms with Crippen LogP contribution in [0.3, 0.4) is 0 Å². The fraction of sp³-hybridized carbons (Fsp3) is 0.316. The number of amides is 1. The zero-order valence-corrected chi connectivity index (χ0v) is 19.9. The van der Waals surface area contributed by atoms with Crippen molar-refractivity contribution in [2.45, 2.75) is 19.8 Å². The van der Waals surface area contributed by atoms with Gasteiger partial charge in [0.1, 0.15) is 0 Å². The zero-order valence-electron chi connectivity index (χ0n) is 14.1. The molecule has 3 rings (SSSR count). The van der Waals surface area contributed by atoms with E-state index in [0.29, 0.717) is 6.42 Å². The second-order valence-electron chi connectivity index (χ2n) is 5.74. The summed E-state index contributed by atoms with van der Waals surface area (Å²) in [6.45, 7) is 3.78. The molecule has 5 heteroatoms. The van der Waals surface area contributed by atoms with Gasteiger partial charge in [-0.05, 0) is 6.42 Å². The molecule has 0 spiro atoms. The Balaban J connectivity index is 0.00000144. The quantitative estimate of drug-likeness (QED) is 0.536. The van der Waals surface area contributed by atoms with Crippen LogP contribution in [-0.2, 0) is 65.0 Å². The van der Waals surface area contributed by atoms with Gasteiger partial charge in [0.15, 0.2) is 0 Å². The van der Waals surface area contributed by atoms with Gasteiger partial charge in [0.25, 0.3) is 0 Å². The van der Waals surface area contributed by atoms with E-state index in [1.807, 2.05) is 60.4 Å². The Bertz CT molecular complexity index is 678. The Morgan fingerprint density at radius 1 is 1.21 bits per heavy atom. The second kappa shape index (κ2) is 9.97. The van der Waals surface area contributed by atoms with Crippen molar-refractivity contribution in [3.05, 3.63) is 59.7 Å². The van der Waals surface area contributed by atoms with Gasteiger partial charge < -0.3 is 0 Å². The van der Waals surface area contributed by atoms with Gasteiger partial charge in [0.2, 0.25) is 5.91 Å². The van der Waals surface area contributed by atoms with Crippen LogP contribution in [0.5, 0.6) is 0 Å². The minimum atomic E-state index is 0. The van der Waals surface area contributed by atoms with Crippen LogP contribution < -0.4 is 0 Å². The van der Waals surface area contributed by atoms with Crippen molar-refractivity contribution in [3.63, 3.8) is 0 Å². The van der Waals surface area contributed by atoms with E-state index in [1.54, 1.807) is 0 Å². The molecule has 24 heavy (non-hydrogen) atoms. The first-order chi connectivity index (χ1) is 10.6. The van der Waals surface area contributed by atoms with Crippen molar-refractivity contribution < 1.29 is 58.6 Å². The number of nitrogens with zero attached hydrogens (tertiary/aromatic N) is 2. The summed E-state index contributed by atoms with van der Waals surface area (Å²) in [6.07, 6.45) is 1.44. The smallest absolute Gasteiger partial charge is 0.238 e. The molecule has 123 valence electrons. The molecule has 0 bridgehead atoms. The monoisotopic (exact) mass is 565 g/mol. The third-order valence-electron chi connectivity index (χ3n) is 4.13. The number of hydrogen-bond donors (Lipinski definition) is 0. The Kier molecular flexibility index (Phi) is 9.01. The number of hydrogen-bond acceptors (Lipinski definition) is 2. The van der Waals surface area contributed by atoms with Crippen LogP contribution in [0.4, 0.5) is 0 Å². The molecule has 0 aromatic heterocycles. The topological polar surface area (TPSA) is 23.6 Å². The first-order valence-electron chi connectivity index (χ1n) is 7.65. The van der Waals surface area contributed by atoms with Crippen LogP contribution in [0.1, 0.15) is 17.5 Å². The summed E-state index contributed by atoms with van der Waals surface area (Å²) in [4.78, 5) is 12.5. The molecule has 2 aromatic rings. The van der Waals surface area contributed by atoms with Crippen molar-refractivity contribution in [3.8, 4) is 11.1 Å². The molecule has 1 heterocycles. The summed E-state index contributed by atoms with van der Waals surface area (Å²) in [5.74, 6) is 0.143. The summed E-state index contributed by atoms with van der Waals surface area (Å²) in [6, 6.07) is 18.7. The van der Waals surface area contributed by atoms with Crippen molar-refractivity contribution in [1.29, 1.82) is 0 Å². The number of carbonyl (C=O) groups excluding carboxylic acids is 1. The predicted molar refractivity (Wildman–Crippen MR) is 87.0 cm³/mol. The molecule has 0 aliphatic carbocycles. The molecule has 3 nitrogen and oxygen atoms in total. The number of rotatable bonds is 3.